The number of amides is 2. The van der Waals surface area contributed by atoms with Crippen LogP contribution in [0.2, 0.25) is 0 Å². The molecule has 0 radical (unpaired) electrons. The standard InChI is InChI=1S/C15H26N2O3/c1-4-13(18)17(3)11(2)14(19)15(20)16-10-12-8-6-5-7-9-12/h11-12H,4-10H2,1-3H3,(H,16,20). The van der Waals surface area contributed by atoms with Crippen molar-refractivity contribution in [3.05, 3.63) is 0 Å². The minimum atomic E-state index is -0.700. The molecule has 1 N–H and O–H groups in total. The van der Waals surface area contributed by atoms with Crippen LogP contribution in [0, 0.1) is 5.92 Å². The molecular weight excluding hydrogens is 256 g/mol. The Morgan fingerprint density at radius 2 is 1.80 bits per heavy atom. The molecule has 0 saturated heterocycles. The third-order valence-corrected chi connectivity index (χ3v) is 4.16. The minimum absolute atomic E-state index is 0.133. The molecule has 0 aliphatic heterocycles. The molecule has 2 amide bonds. The smallest absolute Gasteiger partial charge is 0.289 e. The van der Waals surface area contributed by atoms with Crippen LogP contribution in [0.1, 0.15) is 52.4 Å². The first-order valence-electron chi connectivity index (χ1n) is 7.55. The van der Waals surface area contributed by atoms with Gasteiger partial charge in [0.1, 0.15) is 0 Å². The lowest BCUT2D eigenvalue weighted by molar-refractivity contribution is -0.144. The maximum absolute atomic E-state index is 12.0. The van der Waals surface area contributed by atoms with Crippen LogP contribution in [0.4, 0.5) is 0 Å². The lowest BCUT2D eigenvalue weighted by atomic mass is 9.89. The number of hydrogen-bond acceptors (Lipinski definition) is 3. The van der Waals surface area contributed by atoms with Crippen molar-refractivity contribution in [1.82, 2.24) is 10.2 Å². The molecule has 0 aromatic carbocycles. The fourth-order valence-corrected chi connectivity index (χ4v) is 2.55. The summed E-state index contributed by atoms with van der Waals surface area (Å²) >= 11 is 0. The van der Waals surface area contributed by atoms with Gasteiger partial charge in [-0.3, -0.25) is 14.4 Å². The number of carbonyl (C=O) groups excluding carboxylic acids is 3. The van der Waals surface area contributed by atoms with Crippen molar-refractivity contribution in [1.29, 1.82) is 0 Å². The second-order valence-corrected chi connectivity index (χ2v) is 5.61. The van der Waals surface area contributed by atoms with Gasteiger partial charge in [0, 0.05) is 20.0 Å². The maximum atomic E-state index is 12.0. The SMILES string of the molecule is CCC(=O)N(C)C(C)C(=O)C(=O)NCC1CCCCC1. The van der Waals surface area contributed by atoms with Crippen molar-refractivity contribution in [2.24, 2.45) is 5.92 Å². The Bertz CT molecular complexity index is 362. The summed E-state index contributed by atoms with van der Waals surface area (Å²) in [5, 5.41) is 2.72. The van der Waals surface area contributed by atoms with Gasteiger partial charge in [-0.15, -0.1) is 0 Å². The third kappa shape index (κ3) is 4.62. The molecule has 1 aliphatic carbocycles. The predicted molar refractivity (Wildman–Crippen MR) is 77.1 cm³/mol. The third-order valence-electron chi connectivity index (χ3n) is 4.16. The van der Waals surface area contributed by atoms with Crippen LogP contribution >= 0.6 is 0 Å². The molecule has 0 bridgehead atoms. The van der Waals surface area contributed by atoms with Gasteiger partial charge in [-0.05, 0) is 25.7 Å². The van der Waals surface area contributed by atoms with Crippen molar-refractivity contribution < 1.29 is 14.4 Å². The van der Waals surface area contributed by atoms with Crippen LogP contribution in [0.25, 0.3) is 0 Å². The van der Waals surface area contributed by atoms with Crippen LogP contribution in [0.5, 0.6) is 0 Å². The number of ketones is 1. The van der Waals surface area contributed by atoms with E-state index in [4.69, 9.17) is 0 Å². The molecule has 0 heterocycles. The number of rotatable bonds is 6. The Labute approximate surface area is 121 Å². The first-order valence-corrected chi connectivity index (χ1v) is 7.55. The highest BCUT2D eigenvalue weighted by Crippen LogP contribution is 2.22. The topological polar surface area (TPSA) is 66.5 Å². The summed E-state index contributed by atoms with van der Waals surface area (Å²) in [7, 11) is 1.56. The van der Waals surface area contributed by atoms with E-state index in [1.807, 2.05) is 0 Å². The van der Waals surface area contributed by atoms with E-state index in [9.17, 15) is 14.4 Å². The van der Waals surface area contributed by atoms with E-state index in [1.165, 1.54) is 24.2 Å². The lowest BCUT2D eigenvalue weighted by Crippen LogP contribution is -2.47. The molecule has 5 heteroatoms. The lowest BCUT2D eigenvalue weighted by Gasteiger charge is -2.24. The van der Waals surface area contributed by atoms with E-state index in [-0.39, 0.29) is 5.91 Å². The van der Waals surface area contributed by atoms with E-state index < -0.39 is 17.7 Å². The molecule has 1 atom stereocenters. The zero-order valence-electron chi connectivity index (χ0n) is 12.8. The van der Waals surface area contributed by atoms with Crippen molar-refractivity contribution in [3.63, 3.8) is 0 Å². The van der Waals surface area contributed by atoms with E-state index in [2.05, 4.69) is 5.32 Å². The molecule has 0 aromatic rings. The van der Waals surface area contributed by atoms with E-state index in [0.717, 1.165) is 12.8 Å². The monoisotopic (exact) mass is 282 g/mol. The van der Waals surface area contributed by atoms with Crippen LogP contribution in [0.15, 0.2) is 0 Å². The summed E-state index contributed by atoms with van der Waals surface area (Å²) < 4.78 is 0. The van der Waals surface area contributed by atoms with Gasteiger partial charge in [0.15, 0.2) is 0 Å². The second-order valence-electron chi connectivity index (χ2n) is 5.61. The van der Waals surface area contributed by atoms with Crippen LogP contribution < -0.4 is 5.32 Å². The largest absolute Gasteiger partial charge is 0.349 e. The summed E-state index contributed by atoms with van der Waals surface area (Å²) in [4.78, 5) is 36.7. The van der Waals surface area contributed by atoms with Gasteiger partial charge in [-0.2, -0.15) is 0 Å². The van der Waals surface area contributed by atoms with Crippen LogP contribution in [-0.4, -0.2) is 42.1 Å². The summed E-state index contributed by atoms with van der Waals surface area (Å²) in [6.07, 6.45) is 6.26. The molecule has 114 valence electrons. The highest BCUT2D eigenvalue weighted by atomic mass is 16.2. The van der Waals surface area contributed by atoms with E-state index >= 15 is 0 Å². The number of Topliss-reactive ketones (excluding diaryl/α,β-unsaturated/α-hetero) is 1. The number of likely N-dealkylation sites (N-methyl/N-ethyl adjacent to an activating group) is 1. The average molecular weight is 282 g/mol. The van der Waals surface area contributed by atoms with E-state index in [0.29, 0.717) is 18.9 Å². The Hall–Kier alpha value is -1.39. The number of hydrogen-bond donors (Lipinski definition) is 1. The molecule has 0 aromatic heterocycles. The Morgan fingerprint density at radius 1 is 1.20 bits per heavy atom. The first-order chi connectivity index (χ1) is 9.47. The molecule has 1 saturated carbocycles. The Kier molecular flexibility index (Phi) is 6.68. The molecule has 1 unspecified atom stereocenters. The molecule has 1 fully saturated rings. The summed E-state index contributed by atoms with van der Waals surface area (Å²) in [5.41, 5.74) is 0. The van der Waals surface area contributed by atoms with Gasteiger partial charge in [0.25, 0.3) is 5.91 Å². The summed E-state index contributed by atoms with van der Waals surface area (Å²) in [5.74, 6) is -0.749. The maximum Gasteiger partial charge on any atom is 0.289 e. The van der Waals surface area contributed by atoms with Gasteiger partial charge >= 0.3 is 0 Å². The summed E-state index contributed by atoms with van der Waals surface area (Å²) in [6.45, 7) is 3.90. The van der Waals surface area contributed by atoms with Crippen molar-refractivity contribution >= 4 is 17.6 Å². The first kappa shape index (κ1) is 16.7. The molecular formula is C15H26N2O3. The van der Waals surface area contributed by atoms with Crippen LogP contribution in [0.3, 0.4) is 0 Å². The van der Waals surface area contributed by atoms with Crippen molar-refractivity contribution in [2.75, 3.05) is 13.6 Å². The van der Waals surface area contributed by atoms with Gasteiger partial charge < -0.3 is 10.2 Å². The van der Waals surface area contributed by atoms with Gasteiger partial charge in [-0.25, -0.2) is 0 Å². The second kappa shape index (κ2) is 8.02. The van der Waals surface area contributed by atoms with Crippen LogP contribution in [-0.2, 0) is 14.4 Å². The molecule has 5 nitrogen and oxygen atoms in total. The Morgan fingerprint density at radius 3 is 2.35 bits per heavy atom. The number of carbonyl (C=O) groups is 3. The molecule has 1 rings (SSSR count). The van der Waals surface area contributed by atoms with Crippen molar-refractivity contribution in [3.8, 4) is 0 Å². The number of nitrogens with one attached hydrogen (secondary N) is 1. The Balaban J connectivity index is 2.41. The quantitative estimate of drug-likeness (QED) is 0.751. The zero-order valence-corrected chi connectivity index (χ0v) is 12.8. The average Bonchev–Trinajstić information content (AvgIpc) is 2.50. The molecule has 0 spiro atoms. The normalized spacial score (nSPS) is 17.4. The predicted octanol–water partition coefficient (Wildman–Crippen LogP) is 1.51. The highest BCUT2D eigenvalue weighted by Gasteiger charge is 2.27. The van der Waals surface area contributed by atoms with E-state index in [1.54, 1.807) is 20.9 Å². The van der Waals surface area contributed by atoms with Gasteiger partial charge in [0.05, 0.1) is 6.04 Å². The fraction of sp³-hybridized carbons (Fsp3) is 0.800. The molecule has 20 heavy (non-hydrogen) atoms. The van der Waals surface area contributed by atoms with Crippen molar-refractivity contribution in [2.45, 2.75) is 58.4 Å². The molecule has 1 aliphatic rings. The summed E-state index contributed by atoms with van der Waals surface area (Å²) in [6, 6.07) is -0.700. The van der Waals surface area contributed by atoms with Gasteiger partial charge in [-0.1, -0.05) is 26.2 Å². The highest BCUT2D eigenvalue weighted by molar-refractivity contribution is 6.38. The fourth-order valence-electron chi connectivity index (χ4n) is 2.55. The van der Waals surface area contributed by atoms with Gasteiger partial charge in [0.2, 0.25) is 11.7 Å². The number of nitrogens with zero attached hydrogens (tertiary/aromatic N) is 1. The minimum Gasteiger partial charge on any atom is -0.349 e. The zero-order chi connectivity index (χ0) is 15.1.